The van der Waals surface area contributed by atoms with E-state index in [0.717, 1.165) is 6.42 Å². The lowest BCUT2D eigenvalue weighted by Crippen LogP contribution is -2.52. The van der Waals surface area contributed by atoms with Crippen LogP contribution in [-0.2, 0) is 9.59 Å². The highest BCUT2D eigenvalue weighted by Gasteiger charge is 2.45. The van der Waals surface area contributed by atoms with Crippen molar-refractivity contribution < 1.29 is 27.9 Å². The van der Waals surface area contributed by atoms with E-state index in [-0.39, 0.29) is 37.7 Å². The smallest absolute Gasteiger partial charge is 0.383 e. The summed E-state index contributed by atoms with van der Waals surface area (Å²) in [5.41, 5.74) is 0. The van der Waals surface area contributed by atoms with Crippen LogP contribution in [0.2, 0.25) is 0 Å². The SMILES string of the molecule is CCC(C(=O)N1CCC(C(O)C(F)(F)F)CC1)N1CCCC1=O. The normalized spacial score (nSPS) is 23.3. The Balaban J connectivity index is 1.93. The average molecular weight is 336 g/mol. The van der Waals surface area contributed by atoms with Gasteiger partial charge < -0.3 is 14.9 Å². The molecule has 0 aromatic heterocycles. The lowest BCUT2D eigenvalue weighted by atomic mass is 9.90. The van der Waals surface area contributed by atoms with Crippen LogP contribution in [0.1, 0.15) is 39.0 Å². The number of hydrogen-bond acceptors (Lipinski definition) is 3. The molecule has 0 saturated carbocycles. The van der Waals surface area contributed by atoms with Gasteiger partial charge in [0.2, 0.25) is 11.8 Å². The first-order chi connectivity index (χ1) is 10.8. The van der Waals surface area contributed by atoms with Gasteiger partial charge in [-0.1, -0.05) is 6.92 Å². The van der Waals surface area contributed by atoms with Crippen LogP contribution >= 0.6 is 0 Å². The van der Waals surface area contributed by atoms with Gasteiger partial charge in [-0.3, -0.25) is 9.59 Å². The predicted octanol–water partition coefficient (Wildman–Crippen LogP) is 1.55. The number of nitrogens with zero attached hydrogens (tertiary/aromatic N) is 2. The number of amides is 2. The largest absolute Gasteiger partial charge is 0.414 e. The maximum absolute atomic E-state index is 12.6. The van der Waals surface area contributed by atoms with E-state index in [0.29, 0.717) is 19.4 Å². The van der Waals surface area contributed by atoms with Crippen molar-refractivity contribution >= 4 is 11.8 Å². The Morgan fingerprint density at radius 2 is 1.91 bits per heavy atom. The molecular formula is C15H23F3N2O3. The van der Waals surface area contributed by atoms with E-state index in [4.69, 9.17) is 0 Å². The van der Waals surface area contributed by atoms with Gasteiger partial charge in [-0.05, 0) is 31.6 Å². The summed E-state index contributed by atoms with van der Waals surface area (Å²) in [6, 6.07) is -0.519. The van der Waals surface area contributed by atoms with Gasteiger partial charge in [0, 0.05) is 26.1 Å². The summed E-state index contributed by atoms with van der Waals surface area (Å²) in [4.78, 5) is 27.5. The summed E-state index contributed by atoms with van der Waals surface area (Å²) in [5.74, 6) is -1.09. The molecule has 8 heteroatoms. The number of carbonyl (C=O) groups excluding carboxylic acids is 2. The van der Waals surface area contributed by atoms with Gasteiger partial charge in [0.15, 0.2) is 6.10 Å². The Kier molecular flexibility index (Phi) is 5.54. The minimum Gasteiger partial charge on any atom is -0.383 e. The van der Waals surface area contributed by atoms with Crippen molar-refractivity contribution in [3.63, 3.8) is 0 Å². The summed E-state index contributed by atoms with van der Waals surface area (Å²) >= 11 is 0. The van der Waals surface area contributed by atoms with E-state index < -0.39 is 24.2 Å². The summed E-state index contributed by atoms with van der Waals surface area (Å²) in [6.07, 6.45) is -5.03. The van der Waals surface area contributed by atoms with Gasteiger partial charge in [0.05, 0.1) is 0 Å². The molecule has 2 heterocycles. The van der Waals surface area contributed by atoms with E-state index in [1.165, 1.54) is 4.90 Å². The Morgan fingerprint density at radius 3 is 2.35 bits per heavy atom. The fourth-order valence-corrected chi connectivity index (χ4v) is 3.44. The second kappa shape index (κ2) is 7.07. The third-order valence-corrected chi connectivity index (χ3v) is 4.79. The number of alkyl halides is 3. The lowest BCUT2D eigenvalue weighted by Gasteiger charge is -2.38. The number of piperidine rings is 1. The summed E-state index contributed by atoms with van der Waals surface area (Å²) in [7, 11) is 0. The molecule has 132 valence electrons. The first kappa shape index (κ1) is 18.0. The zero-order chi connectivity index (χ0) is 17.2. The molecule has 2 aliphatic heterocycles. The number of aliphatic hydroxyl groups is 1. The van der Waals surface area contributed by atoms with Crippen LogP contribution in [0.25, 0.3) is 0 Å². The number of aliphatic hydroxyl groups excluding tert-OH is 1. The highest BCUT2D eigenvalue weighted by molar-refractivity contribution is 5.88. The number of rotatable bonds is 4. The molecule has 23 heavy (non-hydrogen) atoms. The number of hydrogen-bond donors (Lipinski definition) is 1. The Morgan fingerprint density at radius 1 is 1.30 bits per heavy atom. The average Bonchev–Trinajstić information content (AvgIpc) is 2.92. The van der Waals surface area contributed by atoms with Gasteiger partial charge in [-0.2, -0.15) is 13.2 Å². The third kappa shape index (κ3) is 3.97. The maximum Gasteiger partial charge on any atom is 0.414 e. The van der Waals surface area contributed by atoms with Gasteiger partial charge in [-0.25, -0.2) is 0 Å². The molecule has 1 N–H and O–H groups in total. The van der Waals surface area contributed by atoms with Crippen LogP contribution in [0, 0.1) is 5.92 Å². The Hall–Kier alpha value is -1.31. The van der Waals surface area contributed by atoms with Crippen molar-refractivity contribution in [3.05, 3.63) is 0 Å². The highest BCUT2D eigenvalue weighted by Crippen LogP contribution is 2.32. The summed E-state index contributed by atoms with van der Waals surface area (Å²) in [6.45, 7) is 2.77. The first-order valence-electron chi connectivity index (χ1n) is 8.08. The van der Waals surface area contributed by atoms with Crippen molar-refractivity contribution in [1.29, 1.82) is 0 Å². The predicted molar refractivity (Wildman–Crippen MR) is 76.4 cm³/mol. The van der Waals surface area contributed by atoms with Gasteiger partial charge in [0.1, 0.15) is 6.04 Å². The van der Waals surface area contributed by atoms with E-state index in [1.807, 2.05) is 6.92 Å². The zero-order valence-corrected chi connectivity index (χ0v) is 13.2. The van der Waals surface area contributed by atoms with E-state index in [9.17, 15) is 27.9 Å². The van der Waals surface area contributed by atoms with Crippen molar-refractivity contribution in [2.75, 3.05) is 19.6 Å². The molecule has 2 atom stereocenters. The molecule has 2 fully saturated rings. The number of halogens is 3. The van der Waals surface area contributed by atoms with Crippen molar-refractivity contribution in [3.8, 4) is 0 Å². The molecule has 0 bridgehead atoms. The molecule has 2 unspecified atom stereocenters. The van der Waals surface area contributed by atoms with Crippen molar-refractivity contribution in [2.45, 2.75) is 57.3 Å². The van der Waals surface area contributed by atoms with Crippen LogP contribution in [0.4, 0.5) is 13.2 Å². The molecule has 0 aromatic rings. The molecular weight excluding hydrogens is 313 g/mol. The highest BCUT2D eigenvalue weighted by atomic mass is 19.4. The molecule has 2 amide bonds. The summed E-state index contributed by atoms with van der Waals surface area (Å²) < 4.78 is 37.6. The van der Waals surface area contributed by atoms with Gasteiger partial charge >= 0.3 is 6.18 Å². The van der Waals surface area contributed by atoms with Crippen LogP contribution in [-0.4, -0.2) is 64.7 Å². The molecule has 2 aliphatic rings. The second-order valence-electron chi connectivity index (χ2n) is 6.26. The van der Waals surface area contributed by atoms with Gasteiger partial charge in [0.25, 0.3) is 0 Å². The quantitative estimate of drug-likeness (QED) is 0.847. The maximum atomic E-state index is 12.6. The van der Waals surface area contributed by atoms with E-state index in [2.05, 4.69) is 0 Å². The van der Waals surface area contributed by atoms with Crippen LogP contribution < -0.4 is 0 Å². The van der Waals surface area contributed by atoms with Crippen LogP contribution in [0.5, 0.6) is 0 Å². The van der Waals surface area contributed by atoms with Crippen molar-refractivity contribution in [2.24, 2.45) is 5.92 Å². The monoisotopic (exact) mass is 336 g/mol. The minimum absolute atomic E-state index is 0.0346. The van der Waals surface area contributed by atoms with Crippen LogP contribution in [0.15, 0.2) is 0 Å². The van der Waals surface area contributed by atoms with Crippen molar-refractivity contribution in [1.82, 2.24) is 9.80 Å². The molecule has 2 saturated heterocycles. The zero-order valence-electron chi connectivity index (χ0n) is 13.2. The molecule has 2 rings (SSSR count). The van der Waals surface area contributed by atoms with Crippen LogP contribution in [0.3, 0.4) is 0 Å². The number of carbonyl (C=O) groups is 2. The van der Waals surface area contributed by atoms with Gasteiger partial charge in [-0.15, -0.1) is 0 Å². The molecule has 0 aliphatic carbocycles. The minimum atomic E-state index is -4.62. The molecule has 0 spiro atoms. The van der Waals surface area contributed by atoms with E-state index in [1.54, 1.807) is 4.90 Å². The summed E-state index contributed by atoms with van der Waals surface area (Å²) in [5, 5.41) is 9.32. The molecule has 0 radical (unpaired) electrons. The standard InChI is InChI=1S/C15H23F3N2O3/c1-2-11(20-7-3-4-12(20)21)14(23)19-8-5-10(6-9-19)13(22)15(16,17)18/h10-11,13,22H,2-9H2,1H3. The number of likely N-dealkylation sites (tertiary alicyclic amines) is 2. The third-order valence-electron chi connectivity index (χ3n) is 4.79. The fourth-order valence-electron chi connectivity index (χ4n) is 3.44. The topological polar surface area (TPSA) is 60.9 Å². The second-order valence-corrected chi connectivity index (χ2v) is 6.26. The Bertz CT molecular complexity index is 448. The molecule has 5 nitrogen and oxygen atoms in total. The lowest BCUT2D eigenvalue weighted by molar-refractivity contribution is -0.223. The van der Waals surface area contributed by atoms with E-state index >= 15 is 0 Å². The first-order valence-corrected chi connectivity index (χ1v) is 8.08. The molecule has 0 aromatic carbocycles. The fraction of sp³-hybridized carbons (Fsp3) is 0.867. The Labute approximate surface area is 133 Å².